The first-order chi connectivity index (χ1) is 28.3. The van der Waals surface area contributed by atoms with Crippen molar-refractivity contribution in [3.63, 3.8) is 0 Å². The lowest BCUT2D eigenvalue weighted by Gasteiger charge is -2.30. The molecule has 1 unspecified atom stereocenters. The number of ether oxygens (including phenoxy) is 2. The quantitative estimate of drug-likeness (QED) is 0.156. The largest absolute Gasteiger partial charge is 0.494 e. The third-order valence-electron chi connectivity index (χ3n) is 11.7. The summed E-state index contributed by atoms with van der Waals surface area (Å²) in [5, 5.41) is 19.7. The summed E-state index contributed by atoms with van der Waals surface area (Å²) in [4.78, 5) is 62.2. The van der Waals surface area contributed by atoms with E-state index in [2.05, 4.69) is 25.7 Å². The highest BCUT2D eigenvalue weighted by Gasteiger charge is 2.62. The Hall–Kier alpha value is -4.91. The Labute approximate surface area is 346 Å². The minimum atomic E-state index is -3.92. The topological polar surface area (TPSA) is 215 Å². The molecule has 0 radical (unpaired) electrons. The molecule has 5 aliphatic rings. The Bertz CT molecular complexity index is 2310. The van der Waals surface area contributed by atoms with E-state index in [9.17, 15) is 32.6 Å². The van der Waals surface area contributed by atoms with Crippen LogP contribution in [0.15, 0.2) is 54.7 Å². The molecule has 0 spiro atoms. The van der Waals surface area contributed by atoms with Crippen LogP contribution in [0.2, 0.25) is 5.02 Å². The normalized spacial score (nSPS) is 26.4. The second kappa shape index (κ2) is 16.6. The summed E-state index contributed by atoms with van der Waals surface area (Å²) in [5.41, 5.74) is 0.684. The van der Waals surface area contributed by atoms with E-state index in [-0.39, 0.29) is 38.2 Å². The van der Waals surface area contributed by atoms with Crippen LogP contribution in [-0.2, 0) is 42.2 Å². The van der Waals surface area contributed by atoms with Crippen LogP contribution in [0.5, 0.6) is 11.6 Å². The molecule has 5 amide bonds. The summed E-state index contributed by atoms with van der Waals surface area (Å²) in [6.45, 7) is 0.341. The van der Waals surface area contributed by atoms with Gasteiger partial charge in [0, 0.05) is 34.7 Å². The molecular formula is C40H46BClN6O10S. The maximum Gasteiger partial charge on any atom is 0.491 e. The van der Waals surface area contributed by atoms with Crippen LogP contribution >= 0.6 is 11.6 Å². The van der Waals surface area contributed by atoms with E-state index >= 15 is 0 Å². The van der Waals surface area contributed by atoms with Gasteiger partial charge >= 0.3 is 13.1 Å². The Morgan fingerprint density at radius 1 is 1.12 bits per heavy atom. The van der Waals surface area contributed by atoms with Gasteiger partial charge in [-0.2, -0.15) is 0 Å². The van der Waals surface area contributed by atoms with Gasteiger partial charge in [-0.1, -0.05) is 54.8 Å². The summed E-state index contributed by atoms with van der Waals surface area (Å²) in [7, 11) is -3.44. The number of carbonyl (C=O) groups excluding carboxylic acids is 4. The van der Waals surface area contributed by atoms with E-state index in [0.717, 1.165) is 24.0 Å². The molecule has 59 heavy (non-hydrogen) atoms. The van der Waals surface area contributed by atoms with Gasteiger partial charge in [-0.05, 0) is 73.3 Å². The van der Waals surface area contributed by atoms with Gasteiger partial charge in [0.15, 0.2) is 0 Å². The average Bonchev–Trinajstić information content (AvgIpc) is 4.12. The van der Waals surface area contributed by atoms with Crippen LogP contribution in [0, 0.1) is 5.92 Å². The molecular weight excluding hydrogens is 803 g/mol. The number of rotatable bonds is 9. The number of sulfonamides is 1. The number of amides is 5. The first-order valence-corrected chi connectivity index (χ1v) is 21.9. The number of methoxy groups -OCH3 is 1. The minimum Gasteiger partial charge on any atom is -0.494 e. The van der Waals surface area contributed by atoms with Crippen LogP contribution in [0.1, 0.15) is 68.9 Å². The predicted octanol–water partition coefficient (Wildman–Crippen LogP) is 2.33. The summed E-state index contributed by atoms with van der Waals surface area (Å²) in [6.07, 6.45) is 8.67. The maximum atomic E-state index is 14.7. The number of carbonyl (C=O) groups is 4. The Morgan fingerprint density at radius 3 is 2.75 bits per heavy atom. The van der Waals surface area contributed by atoms with E-state index in [1.54, 1.807) is 24.3 Å². The second-order valence-electron chi connectivity index (χ2n) is 15.9. The number of halogens is 1. The van der Waals surface area contributed by atoms with Crippen molar-refractivity contribution in [3.8, 4) is 11.6 Å². The third kappa shape index (κ3) is 8.72. The number of hydrogen-bond donors (Lipinski definition) is 5. The zero-order valence-corrected chi connectivity index (χ0v) is 34.0. The molecule has 2 saturated carbocycles. The molecule has 5 atom stereocenters. The number of pyridine rings is 1. The maximum absolute atomic E-state index is 14.7. The van der Waals surface area contributed by atoms with Gasteiger partial charge in [0.1, 0.15) is 29.5 Å². The van der Waals surface area contributed by atoms with Crippen molar-refractivity contribution in [1.82, 2.24) is 30.6 Å². The summed E-state index contributed by atoms with van der Waals surface area (Å²) >= 11 is 6.37. The highest BCUT2D eigenvalue weighted by molar-refractivity contribution is 7.91. The molecule has 2 aromatic carbocycles. The third-order valence-corrected chi connectivity index (χ3v) is 13.8. The lowest BCUT2D eigenvalue weighted by Crippen LogP contribution is -2.58. The van der Waals surface area contributed by atoms with Crippen molar-refractivity contribution in [3.05, 3.63) is 70.9 Å². The van der Waals surface area contributed by atoms with Gasteiger partial charge in [0.2, 0.25) is 27.7 Å². The standard InChI is InChI=1S/C40H46BClN6O10S/c1-56-34-20-43-36(30-16-26(42)11-14-29(30)34)58-27-17-33-35(49)46-40(38(51)47-59(54,55)28-12-13-28)18-25(40)7-5-3-2-4-6-8-32(37(50)48(33)21-27)45-39(52)44-19-23-9-10-24-22-57-41(53)31(24)15-23/h5,7,9-11,14-16,20,25,27-28,32-33,53H,2-4,6,8,12-13,17-19,21-22H2,1H3,(H,46,49)(H,47,51)(H2,44,45,52)/b7-5-/t25-,27-,32+,33?,40-/m1/s1. The first kappa shape index (κ1) is 40.9. The molecule has 312 valence electrons. The predicted molar refractivity (Wildman–Crippen MR) is 217 cm³/mol. The number of fused-ring (bicyclic) bond motifs is 4. The Kier molecular flexibility index (Phi) is 11.5. The van der Waals surface area contributed by atoms with Gasteiger partial charge in [-0.15, -0.1) is 0 Å². The van der Waals surface area contributed by atoms with E-state index in [0.29, 0.717) is 59.3 Å². The van der Waals surface area contributed by atoms with Crippen molar-refractivity contribution in [2.24, 2.45) is 5.92 Å². The Morgan fingerprint density at radius 2 is 1.95 bits per heavy atom. The summed E-state index contributed by atoms with van der Waals surface area (Å²) in [5.74, 6) is -1.74. The average molecular weight is 849 g/mol. The smallest absolute Gasteiger partial charge is 0.491 e. The van der Waals surface area contributed by atoms with Crippen LogP contribution in [0.25, 0.3) is 10.8 Å². The van der Waals surface area contributed by atoms with Crippen molar-refractivity contribution >= 4 is 68.7 Å². The van der Waals surface area contributed by atoms with Crippen molar-refractivity contribution in [2.45, 2.75) is 99.9 Å². The van der Waals surface area contributed by atoms with Crippen molar-refractivity contribution < 1.29 is 46.7 Å². The Balaban J connectivity index is 1.06. The highest BCUT2D eigenvalue weighted by atomic mass is 35.5. The molecule has 16 nitrogen and oxygen atoms in total. The molecule has 19 heteroatoms. The minimum absolute atomic E-state index is 0.00126. The van der Waals surface area contributed by atoms with E-state index < -0.39 is 75.8 Å². The molecule has 3 aliphatic heterocycles. The zero-order valence-electron chi connectivity index (χ0n) is 32.4. The zero-order chi connectivity index (χ0) is 41.5. The number of urea groups is 1. The van der Waals surface area contributed by atoms with Gasteiger partial charge < -0.3 is 40.0 Å². The fourth-order valence-electron chi connectivity index (χ4n) is 8.19. The summed E-state index contributed by atoms with van der Waals surface area (Å²) in [6, 6.07) is 7.79. The van der Waals surface area contributed by atoms with Crippen LogP contribution < -0.4 is 35.6 Å². The molecule has 0 bridgehead atoms. The van der Waals surface area contributed by atoms with Crippen molar-refractivity contribution in [2.75, 3.05) is 13.7 Å². The van der Waals surface area contributed by atoms with Crippen LogP contribution in [0.4, 0.5) is 4.79 Å². The molecule has 3 fully saturated rings. The van der Waals surface area contributed by atoms with Crippen molar-refractivity contribution in [1.29, 1.82) is 0 Å². The second-order valence-corrected chi connectivity index (χ2v) is 18.3. The molecule has 8 rings (SSSR count). The lowest BCUT2D eigenvalue weighted by atomic mass is 9.79. The van der Waals surface area contributed by atoms with E-state index in [4.69, 9.17) is 25.7 Å². The van der Waals surface area contributed by atoms with Gasteiger partial charge in [-0.3, -0.25) is 19.1 Å². The monoisotopic (exact) mass is 848 g/mol. The number of nitrogens with one attached hydrogen (secondary N) is 4. The lowest BCUT2D eigenvalue weighted by molar-refractivity contribution is -0.141. The van der Waals surface area contributed by atoms with Crippen LogP contribution in [0.3, 0.4) is 0 Å². The van der Waals surface area contributed by atoms with E-state index in [1.165, 1.54) is 18.2 Å². The fraction of sp³-hybridized carbons (Fsp3) is 0.475. The molecule has 2 aliphatic carbocycles. The number of aromatic nitrogens is 1. The highest BCUT2D eigenvalue weighted by Crippen LogP contribution is 2.46. The van der Waals surface area contributed by atoms with Gasteiger partial charge in [-0.25, -0.2) is 18.2 Å². The number of benzene rings is 2. The number of nitrogens with zero attached hydrogens (tertiary/aromatic N) is 2. The number of hydrogen-bond acceptors (Lipinski definition) is 11. The molecule has 4 heterocycles. The fourth-order valence-corrected chi connectivity index (χ4v) is 9.73. The van der Waals surface area contributed by atoms with Crippen LogP contribution in [-0.4, -0.2) is 96.8 Å². The van der Waals surface area contributed by atoms with Gasteiger partial charge in [0.05, 0.1) is 31.7 Å². The molecule has 3 aromatic rings. The SMILES string of the molecule is COc1cnc(O[C@@H]2CC3C(=O)N[C@]4(C(=O)NS(=O)(=O)C5CC5)C[C@H]4/C=C\CCCCC[C@H](NC(=O)NCc4ccc5c(c4)B(O)OC5)C(=O)N3C2)c2cc(Cl)ccc12. The summed E-state index contributed by atoms with van der Waals surface area (Å²) < 4.78 is 45.2. The number of allylic oxidation sites excluding steroid dienone is 1. The van der Waals surface area contributed by atoms with Gasteiger partial charge in [0.25, 0.3) is 5.91 Å². The molecule has 1 aromatic heterocycles. The van der Waals surface area contributed by atoms with E-state index in [1.807, 2.05) is 24.3 Å². The first-order valence-electron chi connectivity index (χ1n) is 19.9. The molecule has 1 saturated heterocycles. The molecule has 5 N–H and O–H groups in total.